The molecular formula is C41H48O15. The Morgan fingerprint density at radius 2 is 1.00 bits per heavy atom. The Bertz CT molecular complexity index is 1690. The van der Waals surface area contributed by atoms with Gasteiger partial charge in [0, 0.05) is 27.9 Å². The molecule has 5 rings (SSSR count). The molecule has 2 saturated heterocycles. The number of methoxy groups -OCH3 is 2. The number of rotatable bonds is 17. The third kappa shape index (κ3) is 11.6. The van der Waals surface area contributed by atoms with E-state index in [0.717, 1.165) is 16.7 Å². The smallest absolute Gasteiger partial charge is 0.337 e. The Kier molecular flexibility index (Phi) is 15.9. The van der Waals surface area contributed by atoms with Crippen molar-refractivity contribution in [1.82, 2.24) is 0 Å². The van der Waals surface area contributed by atoms with Gasteiger partial charge in [0.05, 0.1) is 26.9 Å². The summed E-state index contributed by atoms with van der Waals surface area (Å²) in [6.45, 7) is 3.26. The van der Waals surface area contributed by atoms with Crippen molar-refractivity contribution in [3.05, 3.63) is 108 Å². The summed E-state index contributed by atoms with van der Waals surface area (Å²) in [7, 11) is 2.60. The minimum absolute atomic E-state index is 0.0298. The summed E-state index contributed by atoms with van der Waals surface area (Å²) in [5, 5.41) is 0. The molecule has 10 atom stereocenters. The molecule has 0 N–H and O–H groups in total. The van der Waals surface area contributed by atoms with Crippen LogP contribution in [0.3, 0.4) is 0 Å². The fourth-order valence-corrected chi connectivity index (χ4v) is 6.43. The zero-order chi connectivity index (χ0) is 40.0. The van der Waals surface area contributed by atoms with Crippen molar-refractivity contribution >= 4 is 23.9 Å². The highest BCUT2D eigenvalue weighted by Crippen LogP contribution is 2.36. The van der Waals surface area contributed by atoms with E-state index in [4.69, 9.17) is 52.1 Å². The molecule has 2 fully saturated rings. The van der Waals surface area contributed by atoms with Gasteiger partial charge in [0.2, 0.25) is 0 Å². The second-order valence-corrected chi connectivity index (χ2v) is 13.1. The zero-order valence-electron chi connectivity index (χ0n) is 31.9. The summed E-state index contributed by atoms with van der Waals surface area (Å²) in [6, 6.07) is 27.9. The number of hydrogen-bond donors (Lipinski definition) is 0. The van der Waals surface area contributed by atoms with E-state index in [0.29, 0.717) is 0 Å². The Balaban J connectivity index is 1.58. The molecule has 2 aliphatic rings. The first-order valence-electron chi connectivity index (χ1n) is 18.1. The van der Waals surface area contributed by atoms with Crippen LogP contribution >= 0.6 is 0 Å². The zero-order valence-corrected chi connectivity index (χ0v) is 31.9. The van der Waals surface area contributed by atoms with Gasteiger partial charge in [-0.2, -0.15) is 0 Å². The van der Waals surface area contributed by atoms with Crippen LogP contribution in [0.5, 0.6) is 0 Å². The first-order valence-corrected chi connectivity index (χ1v) is 18.1. The standard InChI is InChI=1S/C41H48O15/c1-25(42)48-24-31-32(52-26(2)43)34(53-27(3)44)38(51-23-30-19-13-8-14-20-30)41(54-31)55-35-33(49-21-28-15-9-6-10-16-28)37(50-22-29-17-11-7-12-18-29)40(47-5)56-36(35)39(45)46-4/h6-20,31-38,40-41H,21-24H2,1-5H3/t31-,32-,33+,34+,35+,36-,37-,38-,40-,41-/m1/s1. The third-order valence-electron chi connectivity index (χ3n) is 8.95. The summed E-state index contributed by atoms with van der Waals surface area (Å²) < 4.78 is 66.5. The molecule has 0 aliphatic carbocycles. The first kappa shape index (κ1) is 42.4. The monoisotopic (exact) mass is 780 g/mol. The van der Waals surface area contributed by atoms with Crippen molar-refractivity contribution < 1.29 is 71.3 Å². The van der Waals surface area contributed by atoms with Gasteiger partial charge in [-0.15, -0.1) is 0 Å². The summed E-state index contributed by atoms with van der Waals surface area (Å²) in [6.07, 6.45) is -12.8. The van der Waals surface area contributed by atoms with Crippen LogP contribution in [0.1, 0.15) is 37.5 Å². The fourth-order valence-electron chi connectivity index (χ4n) is 6.43. The molecule has 0 amide bonds. The lowest BCUT2D eigenvalue weighted by Gasteiger charge is -2.49. The molecule has 0 spiro atoms. The van der Waals surface area contributed by atoms with E-state index in [1.165, 1.54) is 35.0 Å². The average molecular weight is 781 g/mol. The number of carbonyl (C=O) groups excluding carboxylic acids is 4. The summed E-state index contributed by atoms with van der Waals surface area (Å²) >= 11 is 0. The molecule has 2 aliphatic heterocycles. The molecule has 0 aromatic heterocycles. The van der Waals surface area contributed by atoms with E-state index < -0.39 is 91.9 Å². The van der Waals surface area contributed by atoms with Gasteiger partial charge < -0.3 is 52.1 Å². The van der Waals surface area contributed by atoms with Gasteiger partial charge in [-0.25, -0.2) is 4.79 Å². The molecule has 3 aromatic carbocycles. The van der Waals surface area contributed by atoms with Crippen molar-refractivity contribution in [2.45, 2.75) is 102 Å². The van der Waals surface area contributed by atoms with Crippen LogP contribution in [0.25, 0.3) is 0 Å². The summed E-state index contributed by atoms with van der Waals surface area (Å²) in [5.74, 6) is -2.93. The highest BCUT2D eigenvalue weighted by atomic mass is 16.8. The second kappa shape index (κ2) is 21.0. The van der Waals surface area contributed by atoms with Crippen molar-refractivity contribution in [3.63, 3.8) is 0 Å². The highest BCUT2D eigenvalue weighted by molar-refractivity contribution is 5.75. The fraction of sp³-hybridized carbons (Fsp3) is 0.463. The van der Waals surface area contributed by atoms with E-state index in [9.17, 15) is 19.2 Å². The average Bonchev–Trinajstić information content (AvgIpc) is 3.19. The molecule has 0 radical (unpaired) electrons. The van der Waals surface area contributed by atoms with Crippen LogP contribution in [0.2, 0.25) is 0 Å². The molecule has 3 aromatic rings. The van der Waals surface area contributed by atoms with E-state index in [1.54, 1.807) is 0 Å². The van der Waals surface area contributed by atoms with Crippen LogP contribution in [0.4, 0.5) is 0 Å². The maximum absolute atomic E-state index is 13.6. The van der Waals surface area contributed by atoms with Gasteiger partial charge in [0.25, 0.3) is 0 Å². The number of carbonyl (C=O) groups is 4. The molecule has 0 bridgehead atoms. The quantitative estimate of drug-likeness (QED) is 0.143. The maximum atomic E-state index is 13.6. The van der Waals surface area contributed by atoms with Gasteiger partial charge in [-0.3, -0.25) is 14.4 Å². The molecule has 15 nitrogen and oxygen atoms in total. The van der Waals surface area contributed by atoms with Crippen LogP contribution in [-0.4, -0.2) is 106 Å². The molecule has 302 valence electrons. The Morgan fingerprint density at radius 1 is 0.536 bits per heavy atom. The largest absolute Gasteiger partial charge is 0.467 e. The lowest BCUT2D eigenvalue weighted by atomic mass is 9.95. The maximum Gasteiger partial charge on any atom is 0.337 e. The first-order chi connectivity index (χ1) is 27.1. The summed E-state index contributed by atoms with van der Waals surface area (Å²) in [4.78, 5) is 50.7. The minimum atomic E-state index is -1.51. The predicted octanol–water partition coefficient (Wildman–Crippen LogP) is 3.82. The Labute approximate surface area is 325 Å². The predicted molar refractivity (Wildman–Crippen MR) is 194 cm³/mol. The van der Waals surface area contributed by atoms with E-state index in [1.807, 2.05) is 91.0 Å². The normalized spacial score (nSPS) is 27.4. The van der Waals surface area contributed by atoms with Gasteiger partial charge >= 0.3 is 23.9 Å². The minimum Gasteiger partial charge on any atom is -0.467 e. The van der Waals surface area contributed by atoms with E-state index in [-0.39, 0.29) is 19.8 Å². The van der Waals surface area contributed by atoms with Crippen LogP contribution in [-0.2, 0) is 91.1 Å². The van der Waals surface area contributed by atoms with Crippen molar-refractivity contribution in [2.24, 2.45) is 0 Å². The highest BCUT2D eigenvalue weighted by Gasteiger charge is 2.57. The molecular weight excluding hydrogens is 732 g/mol. The van der Waals surface area contributed by atoms with Crippen molar-refractivity contribution in [3.8, 4) is 0 Å². The molecule has 56 heavy (non-hydrogen) atoms. The molecule has 0 unspecified atom stereocenters. The number of benzene rings is 3. The van der Waals surface area contributed by atoms with Gasteiger partial charge in [-0.05, 0) is 16.7 Å². The summed E-state index contributed by atoms with van der Waals surface area (Å²) in [5.41, 5.74) is 2.39. The Hall–Kier alpha value is -4.74. The van der Waals surface area contributed by atoms with E-state index in [2.05, 4.69) is 0 Å². The van der Waals surface area contributed by atoms with Crippen molar-refractivity contribution in [2.75, 3.05) is 20.8 Å². The van der Waals surface area contributed by atoms with Crippen molar-refractivity contribution in [1.29, 1.82) is 0 Å². The second-order valence-electron chi connectivity index (χ2n) is 13.1. The van der Waals surface area contributed by atoms with Crippen LogP contribution < -0.4 is 0 Å². The molecule has 2 heterocycles. The topological polar surface area (TPSA) is 170 Å². The lowest BCUT2D eigenvalue weighted by molar-refractivity contribution is -0.365. The van der Waals surface area contributed by atoms with E-state index >= 15 is 0 Å². The van der Waals surface area contributed by atoms with Gasteiger partial charge in [0.15, 0.2) is 30.9 Å². The van der Waals surface area contributed by atoms with Crippen LogP contribution in [0.15, 0.2) is 91.0 Å². The molecule has 0 saturated carbocycles. The lowest BCUT2D eigenvalue weighted by Crippen LogP contribution is -2.67. The number of hydrogen-bond acceptors (Lipinski definition) is 15. The van der Waals surface area contributed by atoms with Crippen LogP contribution in [0, 0.1) is 0 Å². The third-order valence-corrected chi connectivity index (χ3v) is 8.95. The van der Waals surface area contributed by atoms with Gasteiger partial charge in [-0.1, -0.05) is 91.0 Å². The SMILES string of the molecule is COC(=O)[C@@H]1O[C@@H](OC)[C@H](OCc2ccccc2)[C@@H](OCc2ccccc2)[C@@H]1O[C@H]1O[C@H](COC(C)=O)[C@@H](OC(C)=O)[C@H](OC(C)=O)[C@H]1OCc1ccccc1. The molecule has 15 heteroatoms. The number of esters is 4. The number of ether oxygens (including phenoxy) is 11. The van der Waals surface area contributed by atoms with Gasteiger partial charge in [0.1, 0.15) is 37.1 Å². The Morgan fingerprint density at radius 3 is 1.45 bits per heavy atom.